The zero-order chi connectivity index (χ0) is 16.1. The molecule has 1 aromatic carbocycles. The molecule has 0 spiro atoms. The first-order chi connectivity index (χ1) is 10.3. The average Bonchev–Trinajstić information content (AvgIpc) is 2.84. The lowest BCUT2D eigenvalue weighted by molar-refractivity contribution is -0.140. The first-order valence-corrected chi connectivity index (χ1v) is 6.49. The molecule has 0 unspecified atom stereocenters. The van der Waals surface area contributed by atoms with Crippen molar-refractivity contribution in [3.8, 4) is 17.0 Å². The van der Waals surface area contributed by atoms with Crippen LogP contribution in [0.1, 0.15) is 17.0 Å². The zero-order valence-corrected chi connectivity index (χ0v) is 11.8. The quantitative estimate of drug-likeness (QED) is 0.745. The van der Waals surface area contributed by atoms with Gasteiger partial charge >= 0.3 is 6.18 Å². The third kappa shape index (κ3) is 2.28. The molecule has 7 heteroatoms. The second-order valence-corrected chi connectivity index (χ2v) is 5.04. The topological polar surface area (TPSA) is 50.4 Å². The molecule has 0 aliphatic rings. The number of rotatable bonds is 1. The Hall–Kier alpha value is -2.57. The third-order valence-corrected chi connectivity index (χ3v) is 3.45. The van der Waals surface area contributed by atoms with E-state index in [0.717, 1.165) is 11.8 Å². The Bertz CT molecular complexity index is 868. The van der Waals surface area contributed by atoms with Crippen LogP contribution in [0.5, 0.6) is 5.75 Å². The van der Waals surface area contributed by atoms with E-state index in [1.54, 1.807) is 26.0 Å². The van der Waals surface area contributed by atoms with Gasteiger partial charge in [0.15, 0.2) is 11.3 Å². The van der Waals surface area contributed by atoms with Crippen molar-refractivity contribution in [1.82, 2.24) is 14.4 Å². The highest BCUT2D eigenvalue weighted by Crippen LogP contribution is 2.32. The molecule has 0 atom stereocenters. The number of hydrogen-bond donors (Lipinski definition) is 1. The Balaban J connectivity index is 2.32. The molecule has 0 fully saturated rings. The summed E-state index contributed by atoms with van der Waals surface area (Å²) in [5, 5.41) is 9.49. The lowest BCUT2D eigenvalue weighted by Gasteiger charge is -2.11. The van der Waals surface area contributed by atoms with Gasteiger partial charge in [-0.25, -0.2) is 4.98 Å². The average molecular weight is 307 g/mol. The van der Waals surface area contributed by atoms with Crippen molar-refractivity contribution in [2.45, 2.75) is 20.0 Å². The van der Waals surface area contributed by atoms with Gasteiger partial charge in [0.1, 0.15) is 5.75 Å². The Morgan fingerprint density at radius 1 is 1.18 bits per heavy atom. The third-order valence-electron chi connectivity index (χ3n) is 3.45. The van der Waals surface area contributed by atoms with Crippen LogP contribution in [0.25, 0.3) is 16.9 Å². The summed E-state index contributed by atoms with van der Waals surface area (Å²) in [7, 11) is 0. The van der Waals surface area contributed by atoms with Gasteiger partial charge in [-0.15, -0.1) is 0 Å². The number of halogens is 3. The minimum absolute atomic E-state index is 0.0978. The molecule has 0 aliphatic heterocycles. The molecule has 4 nitrogen and oxygen atoms in total. The summed E-state index contributed by atoms with van der Waals surface area (Å²) in [6, 6.07) is 4.69. The first kappa shape index (κ1) is 14.4. The molecule has 1 N–H and O–H groups in total. The predicted octanol–water partition coefficient (Wildman–Crippen LogP) is 3.74. The first-order valence-electron chi connectivity index (χ1n) is 6.49. The second kappa shape index (κ2) is 4.72. The lowest BCUT2D eigenvalue weighted by Crippen LogP contribution is -2.04. The minimum atomic E-state index is -4.51. The van der Waals surface area contributed by atoms with E-state index in [1.165, 1.54) is 16.7 Å². The summed E-state index contributed by atoms with van der Waals surface area (Å²) >= 11 is 0. The van der Waals surface area contributed by atoms with Crippen molar-refractivity contribution in [3.63, 3.8) is 0 Å². The van der Waals surface area contributed by atoms with Crippen molar-refractivity contribution < 1.29 is 18.3 Å². The van der Waals surface area contributed by atoms with Crippen molar-refractivity contribution >= 4 is 5.65 Å². The van der Waals surface area contributed by atoms with Gasteiger partial charge in [-0.05, 0) is 37.6 Å². The number of hydrogen-bond acceptors (Lipinski definition) is 3. The Morgan fingerprint density at radius 3 is 2.55 bits per heavy atom. The van der Waals surface area contributed by atoms with Crippen LogP contribution < -0.4 is 0 Å². The van der Waals surface area contributed by atoms with Gasteiger partial charge in [-0.3, -0.25) is 9.38 Å². The summed E-state index contributed by atoms with van der Waals surface area (Å²) in [5.41, 5.74) is 1.70. The second-order valence-electron chi connectivity index (χ2n) is 5.04. The molecule has 3 aromatic rings. The molecule has 0 radical (unpaired) electrons. The number of aromatic hydroxyl groups is 1. The number of aromatic nitrogens is 3. The zero-order valence-electron chi connectivity index (χ0n) is 11.8. The van der Waals surface area contributed by atoms with E-state index >= 15 is 0 Å². The van der Waals surface area contributed by atoms with Crippen molar-refractivity contribution in [2.75, 3.05) is 0 Å². The number of alkyl halides is 3. The van der Waals surface area contributed by atoms with Gasteiger partial charge < -0.3 is 5.11 Å². The smallest absolute Gasteiger partial charge is 0.434 e. The maximum atomic E-state index is 12.9. The maximum Gasteiger partial charge on any atom is 0.434 e. The number of fused-ring (bicyclic) bond motifs is 1. The van der Waals surface area contributed by atoms with Gasteiger partial charge in [0, 0.05) is 11.8 Å². The van der Waals surface area contributed by atoms with E-state index in [1.807, 2.05) is 0 Å². The number of benzene rings is 1. The predicted molar refractivity (Wildman–Crippen MR) is 74.6 cm³/mol. The van der Waals surface area contributed by atoms with Gasteiger partial charge in [0.05, 0.1) is 17.6 Å². The Morgan fingerprint density at radius 2 is 1.91 bits per heavy atom. The van der Waals surface area contributed by atoms with E-state index in [9.17, 15) is 18.3 Å². The van der Waals surface area contributed by atoms with Crippen LogP contribution in [0.3, 0.4) is 0 Å². The molecule has 2 aromatic heterocycles. The Labute approximate surface area is 123 Å². The molecule has 0 bridgehead atoms. The number of phenolic OH excluding ortho intramolecular Hbond substituents is 1. The normalized spacial score (nSPS) is 12.0. The van der Waals surface area contributed by atoms with Crippen molar-refractivity contribution in [2.24, 2.45) is 0 Å². The van der Waals surface area contributed by atoms with Gasteiger partial charge in [0.25, 0.3) is 0 Å². The molecular formula is C15H12F3N3O. The van der Waals surface area contributed by atoms with Crippen LogP contribution in [-0.2, 0) is 6.18 Å². The highest BCUT2D eigenvalue weighted by Gasteiger charge is 2.34. The van der Waals surface area contributed by atoms with Crippen LogP contribution >= 0.6 is 0 Å². The number of phenols is 1. The molecule has 0 amide bonds. The summed E-state index contributed by atoms with van der Waals surface area (Å²) in [4.78, 5) is 7.71. The van der Waals surface area contributed by atoms with E-state index in [4.69, 9.17) is 0 Å². The van der Waals surface area contributed by atoms with Gasteiger partial charge in [-0.1, -0.05) is 0 Å². The van der Waals surface area contributed by atoms with Gasteiger partial charge in [0.2, 0.25) is 0 Å². The molecule has 22 heavy (non-hydrogen) atoms. The van der Waals surface area contributed by atoms with E-state index in [-0.39, 0.29) is 11.4 Å². The van der Waals surface area contributed by atoms with E-state index in [0.29, 0.717) is 17.0 Å². The lowest BCUT2D eigenvalue weighted by atomic mass is 10.0. The van der Waals surface area contributed by atoms with Crippen molar-refractivity contribution in [1.29, 1.82) is 0 Å². The fraction of sp³-hybridized carbons (Fsp3) is 0.200. The summed E-state index contributed by atoms with van der Waals surface area (Å²) < 4.78 is 40.0. The largest absolute Gasteiger partial charge is 0.508 e. The number of aryl methyl sites for hydroxylation is 2. The minimum Gasteiger partial charge on any atom is -0.508 e. The fourth-order valence-corrected chi connectivity index (χ4v) is 2.43. The fourth-order valence-electron chi connectivity index (χ4n) is 2.43. The van der Waals surface area contributed by atoms with Gasteiger partial charge in [-0.2, -0.15) is 13.2 Å². The number of imidazole rings is 1. The Kier molecular flexibility index (Phi) is 3.09. The highest BCUT2D eigenvalue weighted by molar-refractivity contribution is 5.69. The molecular weight excluding hydrogens is 295 g/mol. The molecule has 0 aliphatic carbocycles. The van der Waals surface area contributed by atoms with Crippen LogP contribution in [0.4, 0.5) is 13.2 Å². The van der Waals surface area contributed by atoms with Crippen LogP contribution in [0, 0.1) is 13.8 Å². The molecule has 114 valence electrons. The molecule has 2 heterocycles. The van der Waals surface area contributed by atoms with Crippen LogP contribution in [-0.4, -0.2) is 19.5 Å². The maximum absolute atomic E-state index is 12.9. The molecule has 3 rings (SSSR count). The van der Waals surface area contributed by atoms with Crippen LogP contribution in [0.15, 0.2) is 30.6 Å². The SMILES string of the molecule is Cc1cc(O)ccc1-c1c(C)ncc2nc(C(F)(F)F)cn12. The summed E-state index contributed by atoms with van der Waals surface area (Å²) in [5.74, 6) is 0.0978. The molecule has 0 saturated heterocycles. The molecule has 0 saturated carbocycles. The van der Waals surface area contributed by atoms with E-state index in [2.05, 4.69) is 9.97 Å². The van der Waals surface area contributed by atoms with E-state index < -0.39 is 11.9 Å². The summed E-state index contributed by atoms with van der Waals surface area (Å²) in [6.45, 7) is 3.49. The van der Waals surface area contributed by atoms with Crippen LogP contribution in [0.2, 0.25) is 0 Å². The summed E-state index contributed by atoms with van der Waals surface area (Å²) in [6.07, 6.45) is -2.24. The highest BCUT2D eigenvalue weighted by atomic mass is 19.4. The standard InChI is InChI=1S/C15H12F3N3O/c1-8-5-10(22)3-4-11(8)14-9(2)19-6-13-20-12(7-21(13)14)15(16,17)18/h3-7,22H,1-2H3. The van der Waals surface area contributed by atoms with Crippen molar-refractivity contribution in [3.05, 3.63) is 47.5 Å². The number of nitrogens with zero attached hydrogens (tertiary/aromatic N) is 3. The monoisotopic (exact) mass is 307 g/mol.